The monoisotopic (exact) mass is 580 g/mol. The molecule has 3 rings (SSSR count). The molecule has 232 valence electrons. The number of allylic oxidation sites excluding steroid dienone is 1. The molecule has 2 aromatic carbocycles. The molecule has 1 atom stereocenters. The topological polar surface area (TPSA) is 82.1 Å². The van der Waals surface area contributed by atoms with E-state index in [9.17, 15) is 14.7 Å². The number of benzene rings is 2. The number of hydrogen-bond donors (Lipinski definition) is 1. The summed E-state index contributed by atoms with van der Waals surface area (Å²) in [5.74, 6) is 1.63. The summed E-state index contributed by atoms with van der Waals surface area (Å²) in [7, 11) is 0. The van der Waals surface area contributed by atoms with Gasteiger partial charge in [-0.15, -0.1) is 0 Å². The Balaban J connectivity index is 0.000000661. The number of carbonyl (C=O) groups is 2. The number of cyclic esters (lactones) is 1. The number of rotatable bonds is 14. The van der Waals surface area contributed by atoms with E-state index in [4.69, 9.17) is 14.2 Å². The van der Waals surface area contributed by atoms with Gasteiger partial charge in [-0.1, -0.05) is 86.9 Å². The van der Waals surface area contributed by atoms with Crippen LogP contribution >= 0.6 is 0 Å². The van der Waals surface area contributed by atoms with Crippen LogP contribution in [0, 0.1) is 38.5 Å². The number of carbonyl (C=O) groups excluding carboxylic acids is 2. The lowest BCUT2D eigenvalue weighted by atomic mass is 9.86. The van der Waals surface area contributed by atoms with E-state index in [1.54, 1.807) is 0 Å². The highest BCUT2D eigenvalue weighted by Gasteiger charge is 2.44. The molecule has 0 radical (unpaired) electrons. The fraction of sp³-hybridized carbons (Fsp3) is 0.556. The second-order valence-corrected chi connectivity index (χ2v) is 12.6. The van der Waals surface area contributed by atoms with Crippen molar-refractivity contribution in [3.8, 4) is 5.75 Å². The number of aryl methyl sites for hydroxylation is 3. The van der Waals surface area contributed by atoms with Crippen LogP contribution in [0.5, 0.6) is 5.75 Å². The quantitative estimate of drug-likeness (QED) is 0.140. The maximum absolute atomic E-state index is 12.5. The van der Waals surface area contributed by atoms with Gasteiger partial charge in [-0.05, 0) is 76.3 Å². The zero-order valence-electron chi connectivity index (χ0n) is 26.8. The molecule has 0 amide bonds. The van der Waals surface area contributed by atoms with E-state index in [2.05, 4.69) is 65.8 Å². The van der Waals surface area contributed by atoms with Gasteiger partial charge in [0, 0.05) is 18.4 Å². The Morgan fingerprint density at radius 1 is 0.929 bits per heavy atom. The summed E-state index contributed by atoms with van der Waals surface area (Å²) in [6, 6.07) is 16.2. The van der Waals surface area contributed by atoms with E-state index in [0.717, 1.165) is 30.6 Å². The largest absolute Gasteiger partial charge is 0.494 e. The summed E-state index contributed by atoms with van der Waals surface area (Å²) in [4.78, 5) is 24.6. The van der Waals surface area contributed by atoms with Crippen LogP contribution < -0.4 is 4.74 Å². The molecule has 0 bridgehead atoms. The molecule has 42 heavy (non-hydrogen) atoms. The summed E-state index contributed by atoms with van der Waals surface area (Å²) >= 11 is 0. The number of hydrogen-bond acceptors (Lipinski definition) is 6. The molecule has 0 aromatic heterocycles. The molecular formula is C36H52O6. The highest BCUT2D eigenvalue weighted by molar-refractivity contribution is 5.91. The normalized spacial score (nSPS) is 17.4. The molecule has 1 heterocycles. The molecule has 1 aliphatic heterocycles. The van der Waals surface area contributed by atoms with Crippen molar-refractivity contribution in [2.45, 2.75) is 92.6 Å². The molecule has 1 unspecified atom stereocenters. The van der Waals surface area contributed by atoms with E-state index < -0.39 is 17.5 Å². The van der Waals surface area contributed by atoms with Crippen molar-refractivity contribution in [2.75, 3.05) is 19.8 Å². The minimum atomic E-state index is -1.19. The van der Waals surface area contributed by atoms with Crippen LogP contribution in [0.1, 0.15) is 82.9 Å². The maximum Gasteiger partial charge on any atom is 0.334 e. The van der Waals surface area contributed by atoms with Gasteiger partial charge in [-0.2, -0.15) is 0 Å². The van der Waals surface area contributed by atoms with Crippen molar-refractivity contribution >= 4 is 11.9 Å². The first-order chi connectivity index (χ1) is 19.9. The fourth-order valence-electron chi connectivity index (χ4n) is 4.98. The van der Waals surface area contributed by atoms with Gasteiger partial charge >= 0.3 is 11.9 Å². The zero-order chi connectivity index (χ0) is 31.1. The molecular weight excluding hydrogens is 528 g/mol. The number of esters is 2. The highest BCUT2D eigenvalue weighted by atomic mass is 16.6. The third-order valence-corrected chi connectivity index (χ3v) is 7.21. The molecule has 6 heteroatoms. The molecule has 0 aliphatic carbocycles. The van der Waals surface area contributed by atoms with Crippen LogP contribution in [0.2, 0.25) is 0 Å². The summed E-state index contributed by atoms with van der Waals surface area (Å²) in [5.41, 5.74) is 3.19. The molecule has 1 fully saturated rings. The first kappa shape index (κ1) is 35.1. The van der Waals surface area contributed by atoms with Crippen molar-refractivity contribution in [3.63, 3.8) is 0 Å². The Bertz CT molecular complexity index is 1090. The molecule has 0 spiro atoms. The molecule has 6 nitrogen and oxygen atoms in total. The number of aliphatic hydroxyl groups is 1. The molecule has 1 saturated heterocycles. The Kier molecular flexibility index (Phi) is 14.8. The van der Waals surface area contributed by atoms with Gasteiger partial charge in [0.25, 0.3) is 0 Å². The Morgan fingerprint density at radius 3 is 1.95 bits per heavy atom. The predicted octanol–water partition coefficient (Wildman–Crippen LogP) is 7.70. The second-order valence-electron chi connectivity index (χ2n) is 12.6. The van der Waals surface area contributed by atoms with Crippen molar-refractivity contribution in [1.29, 1.82) is 0 Å². The second kappa shape index (κ2) is 17.7. The lowest BCUT2D eigenvalue weighted by Gasteiger charge is -2.24. The smallest absolute Gasteiger partial charge is 0.334 e. The minimum absolute atomic E-state index is 0.147. The molecule has 1 N–H and O–H groups in total. The van der Waals surface area contributed by atoms with E-state index in [-0.39, 0.29) is 26.1 Å². The molecule has 2 aromatic rings. The average Bonchev–Trinajstić information content (AvgIpc) is 3.26. The van der Waals surface area contributed by atoms with Crippen LogP contribution in [0.3, 0.4) is 0 Å². The van der Waals surface area contributed by atoms with Crippen LogP contribution in [0.4, 0.5) is 0 Å². The molecule has 1 aliphatic rings. The summed E-state index contributed by atoms with van der Waals surface area (Å²) in [6.07, 6.45) is 5.93. The SMILES string of the molecule is Cc1ccc(C)cc1.Cc1ccc(OCCCC(=O)OCC2(CO)C/C(=C\CC(CC(C)C)CC(C)C)C(=O)O2)cc1. The van der Waals surface area contributed by atoms with Gasteiger partial charge in [-0.25, -0.2) is 4.79 Å². The number of ether oxygens (including phenoxy) is 3. The van der Waals surface area contributed by atoms with Crippen molar-refractivity contribution in [3.05, 3.63) is 76.9 Å². The first-order valence-electron chi connectivity index (χ1n) is 15.3. The van der Waals surface area contributed by atoms with Gasteiger partial charge in [-0.3, -0.25) is 4.79 Å². The minimum Gasteiger partial charge on any atom is -0.494 e. The van der Waals surface area contributed by atoms with Crippen molar-refractivity contribution in [2.24, 2.45) is 17.8 Å². The van der Waals surface area contributed by atoms with Crippen molar-refractivity contribution in [1.82, 2.24) is 0 Å². The standard InChI is InChI=1S/C28H42O6.C8H10/c1-20(2)15-23(16-21(3)4)10-11-24-17-28(18-29,34-27(24)31)19-33-26(30)7-6-14-32-25-12-8-22(5)9-13-25;1-7-3-5-8(2)6-4-7/h8-9,11-13,20-21,23,29H,6-7,10,14-19H2,1-5H3;3-6H,1-2H3/b24-11+;. The first-order valence-corrected chi connectivity index (χ1v) is 15.3. The predicted molar refractivity (Wildman–Crippen MR) is 168 cm³/mol. The lowest BCUT2D eigenvalue weighted by molar-refractivity contribution is -0.166. The van der Waals surface area contributed by atoms with E-state index in [1.807, 2.05) is 37.3 Å². The summed E-state index contributed by atoms with van der Waals surface area (Å²) in [6.45, 7) is 14.9. The van der Waals surface area contributed by atoms with Crippen LogP contribution in [-0.2, 0) is 19.1 Å². The Hall–Kier alpha value is -3.12. The van der Waals surface area contributed by atoms with Gasteiger partial charge in [0.15, 0.2) is 5.60 Å². The van der Waals surface area contributed by atoms with E-state index >= 15 is 0 Å². The van der Waals surface area contributed by atoms with Gasteiger partial charge in [0.2, 0.25) is 0 Å². The third kappa shape index (κ3) is 13.2. The average molecular weight is 581 g/mol. The van der Waals surface area contributed by atoms with Crippen LogP contribution in [0.15, 0.2) is 60.2 Å². The van der Waals surface area contributed by atoms with Gasteiger partial charge in [0.05, 0.1) is 13.2 Å². The van der Waals surface area contributed by atoms with E-state index in [0.29, 0.717) is 36.4 Å². The molecule has 0 saturated carbocycles. The summed E-state index contributed by atoms with van der Waals surface area (Å²) < 4.78 is 16.5. The van der Waals surface area contributed by atoms with Gasteiger partial charge in [0.1, 0.15) is 12.4 Å². The Morgan fingerprint density at radius 2 is 1.45 bits per heavy atom. The van der Waals surface area contributed by atoms with Crippen molar-refractivity contribution < 1.29 is 28.9 Å². The van der Waals surface area contributed by atoms with E-state index in [1.165, 1.54) is 11.1 Å². The lowest BCUT2D eigenvalue weighted by Crippen LogP contribution is -2.39. The Labute approximate surface area is 253 Å². The number of aliphatic hydroxyl groups excluding tert-OH is 1. The third-order valence-electron chi connectivity index (χ3n) is 7.21. The van der Waals surface area contributed by atoms with Crippen LogP contribution in [0.25, 0.3) is 0 Å². The summed E-state index contributed by atoms with van der Waals surface area (Å²) in [5, 5.41) is 9.92. The zero-order valence-corrected chi connectivity index (χ0v) is 26.8. The fourth-order valence-corrected chi connectivity index (χ4v) is 4.98. The highest BCUT2D eigenvalue weighted by Crippen LogP contribution is 2.33. The van der Waals surface area contributed by atoms with Gasteiger partial charge < -0.3 is 19.3 Å². The maximum atomic E-state index is 12.5. The van der Waals surface area contributed by atoms with Crippen LogP contribution in [-0.4, -0.2) is 42.5 Å².